The van der Waals surface area contributed by atoms with Gasteiger partial charge >= 0.3 is 0 Å². The van der Waals surface area contributed by atoms with Crippen LogP contribution >= 0.6 is 0 Å². The second-order valence-corrected chi connectivity index (χ2v) is 7.77. The van der Waals surface area contributed by atoms with Crippen molar-refractivity contribution in [3.8, 4) is 0 Å². The van der Waals surface area contributed by atoms with Crippen LogP contribution in [0.4, 0.5) is 17.5 Å². The lowest BCUT2D eigenvalue weighted by Crippen LogP contribution is -2.43. The third kappa shape index (κ3) is 4.06. The lowest BCUT2D eigenvalue weighted by atomic mass is 9.91. The molecular weight excluding hydrogens is 380 g/mol. The van der Waals surface area contributed by atoms with E-state index >= 15 is 0 Å². The first-order valence-electron chi connectivity index (χ1n) is 10.5. The molecule has 4 rings (SSSR count). The highest BCUT2D eigenvalue weighted by Crippen LogP contribution is 2.28. The molecule has 1 aliphatic rings. The van der Waals surface area contributed by atoms with Crippen molar-refractivity contribution in [2.24, 2.45) is 11.5 Å². The number of benzene rings is 1. The maximum atomic E-state index is 11.9. The number of anilines is 3. The van der Waals surface area contributed by atoms with Crippen LogP contribution in [-0.2, 0) is 6.54 Å². The number of amides is 1. The highest BCUT2D eigenvalue weighted by molar-refractivity contribution is 5.99. The molecular formula is C21H28N8O. The van der Waals surface area contributed by atoms with Crippen molar-refractivity contribution in [1.29, 1.82) is 0 Å². The van der Waals surface area contributed by atoms with E-state index in [-0.39, 0.29) is 23.6 Å². The number of aryl methyl sites for hydroxylation is 1. The lowest BCUT2D eigenvalue weighted by Gasteiger charge is -2.29. The molecule has 1 saturated carbocycles. The van der Waals surface area contributed by atoms with Gasteiger partial charge < -0.3 is 26.7 Å². The fourth-order valence-electron chi connectivity index (χ4n) is 4.04. The van der Waals surface area contributed by atoms with Crippen LogP contribution in [0.2, 0.25) is 0 Å². The van der Waals surface area contributed by atoms with Crippen molar-refractivity contribution >= 4 is 34.3 Å². The molecule has 2 aromatic heterocycles. The summed E-state index contributed by atoms with van der Waals surface area (Å²) in [6, 6.07) is 8.15. The number of fused-ring (bicyclic) bond motifs is 1. The quantitative estimate of drug-likeness (QED) is 0.472. The van der Waals surface area contributed by atoms with Crippen molar-refractivity contribution in [2.75, 3.05) is 10.6 Å². The summed E-state index contributed by atoms with van der Waals surface area (Å²) < 4.78 is 2.20. The van der Waals surface area contributed by atoms with Crippen LogP contribution < -0.4 is 22.1 Å². The van der Waals surface area contributed by atoms with E-state index in [1.54, 1.807) is 0 Å². The second-order valence-electron chi connectivity index (χ2n) is 7.77. The molecule has 0 spiro atoms. The minimum absolute atomic E-state index is 0.00140. The summed E-state index contributed by atoms with van der Waals surface area (Å²) in [5.41, 5.74) is 13.7. The molecule has 9 nitrogen and oxygen atoms in total. The molecule has 1 aliphatic carbocycles. The molecule has 30 heavy (non-hydrogen) atoms. The van der Waals surface area contributed by atoms with Crippen LogP contribution in [-0.4, -0.2) is 37.7 Å². The van der Waals surface area contributed by atoms with Gasteiger partial charge in [-0.3, -0.25) is 4.79 Å². The zero-order valence-electron chi connectivity index (χ0n) is 17.1. The number of nitrogens with one attached hydrogen (secondary N) is 2. The van der Waals surface area contributed by atoms with Gasteiger partial charge in [0.2, 0.25) is 5.95 Å². The molecule has 2 heterocycles. The number of nitrogens with two attached hydrogens (primary N) is 2. The standard InChI is InChI=1S/C21H28N8O/c1-2-11-29-12-10-13-15(8-5-9-17(13)29)24-20-18(19(23)30)27-28-21(26-20)25-16-7-4-3-6-14(16)22/h5,8-10,12,14,16H,2-4,6-7,11,22H2,1H3,(H2,23,30)(H2,24,25,26,28)/t14-,16+/m0/s1. The summed E-state index contributed by atoms with van der Waals surface area (Å²) in [6.07, 6.45) is 7.26. The van der Waals surface area contributed by atoms with Crippen LogP contribution in [0.5, 0.6) is 0 Å². The molecule has 0 saturated heterocycles. The van der Waals surface area contributed by atoms with Gasteiger partial charge in [-0.15, -0.1) is 10.2 Å². The van der Waals surface area contributed by atoms with Crippen LogP contribution in [0, 0.1) is 0 Å². The predicted octanol–water partition coefficient (Wildman–Crippen LogP) is 2.76. The van der Waals surface area contributed by atoms with E-state index in [4.69, 9.17) is 11.5 Å². The highest BCUT2D eigenvalue weighted by Gasteiger charge is 2.23. The molecule has 1 fully saturated rings. The monoisotopic (exact) mass is 408 g/mol. The number of rotatable bonds is 7. The number of hydrogen-bond donors (Lipinski definition) is 4. The van der Waals surface area contributed by atoms with Gasteiger partial charge in [0.05, 0.1) is 5.52 Å². The Morgan fingerprint density at radius 3 is 2.83 bits per heavy atom. The summed E-state index contributed by atoms with van der Waals surface area (Å²) in [5.74, 6) is -0.0742. The molecule has 0 radical (unpaired) electrons. The Balaban J connectivity index is 1.65. The van der Waals surface area contributed by atoms with Crippen molar-refractivity contribution in [1.82, 2.24) is 19.7 Å². The Bertz CT molecular complexity index is 1050. The Morgan fingerprint density at radius 1 is 1.23 bits per heavy atom. The van der Waals surface area contributed by atoms with Gasteiger partial charge in [0.1, 0.15) is 0 Å². The van der Waals surface area contributed by atoms with Crippen molar-refractivity contribution in [3.05, 3.63) is 36.2 Å². The fraction of sp³-hybridized carbons (Fsp3) is 0.429. The summed E-state index contributed by atoms with van der Waals surface area (Å²) in [7, 11) is 0. The molecule has 6 N–H and O–H groups in total. The number of hydrogen-bond acceptors (Lipinski definition) is 7. The van der Waals surface area contributed by atoms with Crippen LogP contribution in [0.15, 0.2) is 30.5 Å². The minimum atomic E-state index is -0.686. The SMILES string of the molecule is CCCn1ccc2c(Nc3nc(N[C@@H]4CCCC[C@@H]4N)nnc3C(N)=O)cccc21. The van der Waals surface area contributed by atoms with E-state index < -0.39 is 5.91 Å². The zero-order valence-corrected chi connectivity index (χ0v) is 17.1. The minimum Gasteiger partial charge on any atom is -0.364 e. The fourth-order valence-corrected chi connectivity index (χ4v) is 4.04. The van der Waals surface area contributed by atoms with Crippen molar-refractivity contribution in [2.45, 2.75) is 57.7 Å². The van der Waals surface area contributed by atoms with Gasteiger partial charge in [-0.25, -0.2) is 0 Å². The van der Waals surface area contributed by atoms with E-state index in [2.05, 4.69) is 49.6 Å². The van der Waals surface area contributed by atoms with E-state index in [1.165, 1.54) is 0 Å². The highest BCUT2D eigenvalue weighted by atomic mass is 16.1. The predicted molar refractivity (Wildman–Crippen MR) is 118 cm³/mol. The summed E-state index contributed by atoms with van der Waals surface area (Å²) >= 11 is 0. The Morgan fingerprint density at radius 2 is 2.07 bits per heavy atom. The van der Waals surface area contributed by atoms with Gasteiger partial charge in [0, 0.05) is 35.9 Å². The molecule has 1 amide bonds. The average Bonchev–Trinajstić information content (AvgIpc) is 3.14. The molecule has 158 valence electrons. The maximum absolute atomic E-state index is 11.9. The molecule has 0 bridgehead atoms. The van der Waals surface area contributed by atoms with Gasteiger partial charge in [-0.2, -0.15) is 4.98 Å². The normalized spacial score (nSPS) is 19.0. The molecule has 1 aromatic carbocycles. The molecule has 0 unspecified atom stereocenters. The number of carbonyl (C=O) groups excluding carboxylic acids is 1. The molecule has 3 aromatic rings. The Kier molecular flexibility index (Phi) is 5.80. The summed E-state index contributed by atoms with van der Waals surface area (Å²) in [6.45, 7) is 3.08. The third-order valence-electron chi connectivity index (χ3n) is 5.59. The second kappa shape index (κ2) is 8.66. The summed E-state index contributed by atoms with van der Waals surface area (Å²) in [5, 5.41) is 15.6. The third-order valence-corrected chi connectivity index (χ3v) is 5.59. The molecule has 9 heteroatoms. The molecule has 0 aliphatic heterocycles. The largest absolute Gasteiger partial charge is 0.364 e. The van der Waals surface area contributed by atoms with E-state index in [0.29, 0.717) is 5.95 Å². The summed E-state index contributed by atoms with van der Waals surface area (Å²) in [4.78, 5) is 16.4. The topological polar surface area (TPSA) is 137 Å². The van der Waals surface area contributed by atoms with Crippen LogP contribution in [0.25, 0.3) is 10.9 Å². The number of aromatic nitrogens is 4. The Hall–Kier alpha value is -3.20. The van der Waals surface area contributed by atoms with Gasteiger partial charge in [0.25, 0.3) is 5.91 Å². The lowest BCUT2D eigenvalue weighted by molar-refractivity contribution is 0.0995. The number of nitrogens with zero attached hydrogens (tertiary/aromatic N) is 4. The molecule has 2 atom stereocenters. The van der Waals surface area contributed by atoms with Gasteiger partial charge in [-0.05, 0) is 37.5 Å². The van der Waals surface area contributed by atoms with Crippen molar-refractivity contribution < 1.29 is 4.79 Å². The number of primary amides is 1. The van der Waals surface area contributed by atoms with E-state index in [1.807, 2.05) is 18.2 Å². The van der Waals surface area contributed by atoms with E-state index in [9.17, 15) is 4.79 Å². The maximum Gasteiger partial charge on any atom is 0.273 e. The zero-order chi connectivity index (χ0) is 21.1. The first-order chi connectivity index (χ1) is 14.6. The number of carbonyl (C=O) groups is 1. The first kappa shape index (κ1) is 20.1. The first-order valence-corrected chi connectivity index (χ1v) is 10.5. The van der Waals surface area contributed by atoms with E-state index in [0.717, 1.165) is 55.2 Å². The van der Waals surface area contributed by atoms with Gasteiger partial charge in [0.15, 0.2) is 11.5 Å². The van der Waals surface area contributed by atoms with Crippen molar-refractivity contribution in [3.63, 3.8) is 0 Å². The smallest absolute Gasteiger partial charge is 0.273 e. The Labute approximate surface area is 175 Å². The average molecular weight is 409 g/mol. The van der Waals surface area contributed by atoms with Gasteiger partial charge in [-0.1, -0.05) is 25.8 Å². The van der Waals surface area contributed by atoms with Crippen LogP contribution in [0.1, 0.15) is 49.5 Å². The van der Waals surface area contributed by atoms with Crippen LogP contribution in [0.3, 0.4) is 0 Å².